The Bertz CT molecular complexity index is 660. The van der Waals surface area contributed by atoms with Crippen LogP contribution in [0.4, 0.5) is 20.2 Å². The van der Waals surface area contributed by atoms with Crippen LogP contribution in [-0.2, 0) is 0 Å². The van der Waals surface area contributed by atoms with Gasteiger partial charge in [0.15, 0.2) is 11.6 Å². The molecule has 0 aliphatic rings. The maximum atomic E-state index is 13.1. The number of ether oxygens (including phenoxy) is 1. The first-order valence-corrected chi connectivity index (χ1v) is 5.71. The van der Waals surface area contributed by atoms with Gasteiger partial charge in [0, 0.05) is 23.5 Å². The van der Waals surface area contributed by atoms with Crippen molar-refractivity contribution in [2.75, 3.05) is 18.2 Å². The number of carbonyl (C=O) groups excluding carboxylic acids is 1. The van der Waals surface area contributed by atoms with Crippen molar-refractivity contribution in [1.82, 2.24) is 0 Å². The van der Waals surface area contributed by atoms with Crippen LogP contribution in [0.2, 0.25) is 0 Å². The number of rotatable bonds is 3. The minimum Gasteiger partial charge on any atom is -0.496 e. The van der Waals surface area contributed by atoms with Crippen LogP contribution >= 0.6 is 0 Å². The van der Waals surface area contributed by atoms with E-state index in [1.807, 2.05) is 0 Å². The lowest BCUT2D eigenvalue weighted by molar-refractivity contribution is 0.102. The van der Waals surface area contributed by atoms with E-state index in [0.29, 0.717) is 11.4 Å². The number of amides is 1. The lowest BCUT2D eigenvalue weighted by atomic mass is 10.1. The molecule has 0 unspecified atom stereocenters. The average molecular weight is 278 g/mol. The van der Waals surface area contributed by atoms with Crippen molar-refractivity contribution in [2.45, 2.75) is 0 Å². The van der Waals surface area contributed by atoms with E-state index in [4.69, 9.17) is 10.5 Å². The van der Waals surface area contributed by atoms with Crippen molar-refractivity contribution >= 4 is 17.3 Å². The predicted octanol–water partition coefficient (Wildman–Crippen LogP) is 2.81. The Balaban J connectivity index is 2.25. The van der Waals surface area contributed by atoms with Crippen LogP contribution < -0.4 is 15.8 Å². The van der Waals surface area contributed by atoms with Gasteiger partial charge in [0.05, 0.1) is 12.7 Å². The highest BCUT2D eigenvalue weighted by Gasteiger charge is 2.13. The van der Waals surface area contributed by atoms with Gasteiger partial charge in [-0.05, 0) is 24.3 Å². The lowest BCUT2D eigenvalue weighted by Gasteiger charge is -2.10. The second kappa shape index (κ2) is 5.56. The monoisotopic (exact) mass is 278 g/mol. The molecule has 20 heavy (non-hydrogen) atoms. The zero-order valence-electron chi connectivity index (χ0n) is 10.6. The Morgan fingerprint density at radius 3 is 2.55 bits per heavy atom. The van der Waals surface area contributed by atoms with Crippen LogP contribution in [-0.4, -0.2) is 13.0 Å². The van der Waals surface area contributed by atoms with Gasteiger partial charge in [0.2, 0.25) is 0 Å². The molecule has 0 bridgehead atoms. The van der Waals surface area contributed by atoms with Gasteiger partial charge in [-0.1, -0.05) is 0 Å². The molecule has 0 fully saturated rings. The minimum absolute atomic E-state index is 0.146. The number of anilines is 2. The Hall–Kier alpha value is -2.63. The minimum atomic E-state index is -1.04. The summed E-state index contributed by atoms with van der Waals surface area (Å²) in [6.45, 7) is 0. The zero-order chi connectivity index (χ0) is 14.7. The smallest absolute Gasteiger partial charge is 0.259 e. The summed E-state index contributed by atoms with van der Waals surface area (Å²) in [7, 11) is 1.41. The lowest BCUT2D eigenvalue weighted by Crippen LogP contribution is -2.13. The van der Waals surface area contributed by atoms with Crippen molar-refractivity contribution in [1.29, 1.82) is 0 Å². The number of carbonyl (C=O) groups is 1. The van der Waals surface area contributed by atoms with Gasteiger partial charge < -0.3 is 15.8 Å². The molecule has 104 valence electrons. The van der Waals surface area contributed by atoms with E-state index in [0.717, 1.165) is 12.1 Å². The number of hydrogen-bond donors (Lipinski definition) is 2. The highest BCUT2D eigenvalue weighted by atomic mass is 19.2. The molecule has 2 rings (SSSR count). The fourth-order valence-electron chi connectivity index (χ4n) is 1.67. The van der Waals surface area contributed by atoms with E-state index in [1.165, 1.54) is 25.3 Å². The number of benzene rings is 2. The quantitative estimate of drug-likeness (QED) is 0.848. The predicted molar refractivity (Wildman–Crippen MR) is 71.7 cm³/mol. The topological polar surface area (TPSA) is 64.3 Å². The van der Waals surface area contributed by atoms with Gasteiger partial charge in [-0.25, -0.2) is 8.78 Å². The third-order valence-corrected chi connectivity index (χ3v) is 2.65. The summed E-state index contributed by atoms with van der Waals surface area (Å²) in [4.78, 5) is 12.1. The molecule has 0 heterocycles. The van der Waals surface area contributed by atoms with Crippen molar-refractivity contribution in [3.63, 3.8) is 0 Å². The second-order valence-corrected chi connectivity index (χ2v) is 4.04. The maximum absolute atomic E-state index is 13.1. The molecule has 6 heteroatoms. The molecule has 0 aliphatic heterocycles. The summed E-state index contributed by atoms with van der Waals surface area (Å²) in [6.07, 6.45) is 0. The first-order valence-electron chi connectivity index (χ1n) is 5.71. The largest absolute Gasteiger partial charge is 0.496 e. The fourth-order valence-corrected chi connectivity index (χ4v) is 1.67. The normalized spacial score (nSPS) is 10.2. The molecule has 0 spiro atoms. The summed E-state index contributed by atoms with van der Waals surface area (Å²) in [5, 5.41) is 2.45. The Morgan fingerprint density at radius 2 is 1.90 bits per heavy atom. The van der Waals surface area contributed by atoms with E-state index in [2.05, 4.69) is 5.32 Å². The molecular weight excluding hydrogens is 266 g/mol. The van der Waals surface area contributed by atoms with Crippen LogP contribution in [0.3, 0.4) is 0 Å². The molecular formula is C14H12F2N2O2. The summed E-state index contributed by atoms with van der Waals surface area (Å²) in [6, 6.07) is 7.63. The van der Waals surface area contributed by atoms with Gasteiger partial charge in [-0.15, -0.1) is 0 Å². The number of hydrogen-bond acceptors (Lipinski definition) is 3. The highest BCUT2D eigenvalue weighted by molar-refractivity contribution is 6.06. The molecule has 0 saturated carbocycles. The van der Waals surface area contributed by atoms with Crippen LogP contribution in [0, 0.1) is 11.6 Å². The zero-order valence-corrected chi connectivity index (χ0v) is 10.6. The number of nitrogens with two attached hydrogens (primary N) is 1. The number of methoxy groups -OCH3 is 1. The SMILES string of the molecule is COc1cc(N)ccc1C(=O)Nc1ccc(F)c(F)c1. The number of nitrogen functional groups attached to an aromatic ring is 1. The van der Waals surface area contributed by atoms with Gasteiger partial charge in [0.1, 0.15) is 5.75 Å². The third kappa shape index (κ3) is 2.85. The van der Waals surface area contributed by atoms with Crippen LogP contribution in [0.15, 0.2) is 36.4 Å². The van der Waals surface area contributed by atoms with Crippen molar-refractivity contribution in [3.05, 3.63) is 53.6 Å². The summed E-state index contributed by atoms with van der Waals surface area (Å²) >= 11 is 0. The molecule has 1 amide bonds. The molecule has 3 N–H and O–H groups in total. The molecule has 0 atom stereocenters. The summed E-state index contributed by atoms with van der Waals surface area (Å²) in [5.74, 6) is -2.22. The van der Waals surface area contributed by atoms with Gasteiger partial charge in [-0.3, -0.25) is 4.79 Å². The molecule has 4 nitrogen and oxygen atoms in total. The van der Waals surface area contributed by atoms with Gasteiger partial charge >= 0.3 is 0 Å². The van der Waals surface area contributed by atoms with E-state index in [9.17, 15) is 13.6 Å². The molecule has 0 saturated heterocycles. The van der Waals surface area contributed by atoms with Crippen LogP contribution in [0.5, 0.6) is 5.75 Å². The number of halogens is 2. The molecule has 0 aromatic heterocycles. The van der Waals surface area contributed by atoms with Crippen LogP contribution in [0.25, 0.3) is 0 Å². The van der Waals surface area contributed by atoms with E-state index >= 15 is 0 Å². The van der Waals surface area contributed by atoms with E-state index < -0.39 is 17.5 Å². The standard InChI is InChI=1S/C14H12F2N2O2/c1-20-13-6-8(17)2-4-10(13)14(19)18-9-3-5-11(15)12(16)7-9/h2-7H,17H2,1H3,(H,18,19). The molecule has 0 aliphatic carbocycles. The fraction of sp³-hybridized carbons (Fsp3) is 0.0714. The first kappa shape index (κ1) is 13.8. The molecule has 2 aromatic carbocycles. The highest BCUT2D eigenvalue weighted by Crippen LogP contribution is 2.23. The second-order valence-electron chi connectivity index (χ2n) is 4.04. The summed E-state index contributed by atoms with van der Waals surface area (Å²) in [5.41, 5.74) is 6.43. The van der Waals surface area contributed by atoms with E-state index in [-0.39, 0.29) is 11.3 Å². The Morgan fingerprint density at radius 1 is 1.15 bits per heavy atom. The van der Waals surface area contributed by atoms with E-state index in [1.54, 1.807) is 6.07 Å². The van der Waals surface area contributed by atoms with Crippen molar-refractivity contribution in [2.24, 2.45) is 0 Å². The van der Waals surface area contributed by atoms with Gasteiger partial charge in [-0.2, -0.15) is 0 Å². The van der Waals surface area contributed by atoms with Gasteiger partial charge in [0.25, 0.3) is 5.91 Å². The first-order chi connectivity index (χ1) is 9.51. The Kier molecular flexibility index (Phi) is 3.84. The Labute approximate surface area is 114 Å². The summed E-state index contributed by atoms with van der Waals surface area (Å²) < 4.78 is 30.9. The molecule has 2 aromatic rings. The molecule has 0 radical (unpaired) electrons. The third-order valence-electron chi connectivity index (χ3n) is 2.65. The van der Waals surface area contributed by atoms with Crippen molar-refractivity contribution in [3.8, 4) is 5.75 Å². The average Bonchev–Trinajstić information content (AvgIpc) is 2.42. The van der Waals surface area contributed by atoms with Crippen LogP contribution in [0.1, 0.15) is 10.4 Å². The van der Waals surface area contributed by atoms with Crippen molar-refractivity contribution < 1.29 is 18.3 Å². The number of nitrogens with one attached hydrogen (secondary N) is 1. The maximum Gasteiger partial charge on any atom is 0.259 e.